The first-order valence-corrected chi connectivity index (χ1v) is 10.5. The van der Waals surface area contributed by atoms with Gasteiger partial charge in [0.1, 0.15) is 5.75 Å². The summed E-state index contributed by atoms with van der Waals surface area (Å²) >= 11 is 0. The SMILES string of the molecule is COc1ccc2[nH]cc(CC(=O)Nc3ccc(CCN4CCN(C)CC4)cc3)c2c1. The molecule has 6 heteroatoms. The summed E-state index contributed by atoms with van der Waals surface area (Å²) in [5, 5.41) is 4.03. The Labute approximate surface area is 177 Å². The first-order valence-electron chi connectivity index (χ1n) is 10.5. The second-order valence-corrected chi connectivity index (χ2v) is 8.04. The molecule has 2 aromatic carbocycles. The van der Waals surface area contributed by atoms with E-state index in [4.69, 9.17) is 4.74 Å². The van der Waals surface area contributed by atoms with Crippen LogP contribution in [0, 0.1) is 0 Å². The normalized spacial score (nSPS) is 15.4. The Bertz CT molecular complexity index is 988. The van der Waals surface area contributed by atoms with Gasteiger partial charge >= 0.3 is 0 Å². The first-order chi connectivity index (χ1) is 14.6. The van der Waals surface area contributed by atoms with Crippen molar-refractivity contribution >= 4 is 22.5 Å². The molecular weight excluding hydrogens is 376 g/mol. The summed E-state index contributed by atoms with van der Waals surface area (Å²) in [6, 6.07) is 14.1. The van der Waals surface area contributed by atoms with Crippen LogP contribution < -0.4 is 10.1 Å². The van der Waals surface area contributed by atoms with Gasteiger partial charge in [-0.2, -0.15) is 0 Å². The molecule has 158 valence electrons. The van der Waals surface area contributed by atoms with Crippen molar-refractivity contribution in [1.29, 1.82) is 0 Å². The molecule has 30 heavy (non-hydrogen) atoms. The highest BCUT2D eigenvalue weighted by Crippen LogP contribution is 2.24. The molecule has 6 nitrogen and oxygen atoms in total. The molecule has 3 aromatic rings. The van der Waals surface area contributed by atoms with E-state index in [2.05, 4.69) is 39.3 Å². The van der Waals surface area contributed by atoms with Crippen molar-refractivity contribution in [3.8, 4) is 5.75 Å². The number of carbonyl (C=O) groups is 1. The molecule has 1 amide bonds. The van der Waals surface area contributed by atoms with Crippen LogP contribution in [0.4, 0.5) is 5.69 Å². The summed E-state index contributed by atoms with van der Waals surface area (Å²) in [6.07, 6.45) is 3.25. The molecule has 0 aliphatic carbocycles. The second kappa shape index (κ2) is 9.32. The lowest BCUT2D eigenvalue weighted by Crippen LogP contribution is -2.45. The summed E-state index contributed by atoms with van der Waals surface area (Å²) < 4.78 is 5.30. The molecule has 4 rings (SSSR count). The fourth-order valence-corrected chi connectivity index (χ4v) is 3.92. The van der Waals surface area contributed by atoms with E-state index in [9.17, 15) is 4.79 Å². The number of rotatable bonds is 7. The van der Waals surface area contributed by atoms with Gasteiger partial charge in [-0.15, -0.1) is 0 Å². The van der Waals surface area contributed by atoms with Gasteiger partial charge in [-0.3, -0.25) is 4.79 Å². The van der Waals surface area contributed by atoms with E-state index in [1.807, 2.05) is 36.5 Å². The highest BCUT2D eigenvalue weighted by atomic mass is 16.5. The Morgan fingerprint density at radius 1 is 1.10 bits per heavy atom. The Hall–Kier alpha value is -2.83. The number of amides is 1. The van der Waals surface area contributed by atoms with Gasteiger partial charge in [-0.25, -0.2) is 0 Å². The molecule has 0 radical (unpaired) electrons. The number of methoxy groups -OCH3 is 1. The standard InChI is InChI=1S/C24H30N4O2/c1-27-11-13-28(14-12-27)10-9-18-3-5-20(6-4-18)26-24(29)15-19-17-25-23-8-7-21(30-2)16-22(19)23/h3-8,16-17,25H,9-15H2,1-2H3,(H,26,29). The number of aromatic amines is 1. The maximum Gasteiger partial charge on any atom is 0.228 e. The highest BCUT2D eigenvalue weighted by molar-refractivity contribution is 5.96. The molecule has 0 unspecified atom stereocenters. The number of anilines is 1. The maximum atomic E-state index is 12.6. The lowest BCUT2D eigenvalue weighted by molar-refractivity contribution is -0.115. The smallest absolute Gasteiger partial charge is 0.228 e. The molecule has 1 aliphatic rings. The summed E-state index contributed by atoms with van der Waals surface area (Å²) in [5.41, 5.74) is 4.10. The van der Waals surface area contributed by atoms with E-state index in [1.54, 1.807) is 7.11 Å². The molecule has 0 spiro atoms. The van der Waals surface area contributed by atoms with Crippen LogP contribution in [0.2, 0.25) is 0 Å². The number of likely N-dealkylation sites (N-methyl/N-ethyl adjacent to an activating group) is 1. The van der Waals surface area contributed by atoms with Crippen molar-refractivity contribution < 1.29 is 9.53 Å². The van der Waals surface area contributed by atoms with Crippen LogP contribution in [0.5, 0.6) is 5.75 Å². The van der Waals surface area contributed by atoms with Gasteiger partial charge < -0.3 is 24.8 Å². The Morgan fingerprint density at radius 2 is 1.87 bits per heavy atom. The second-order valence-electron chi connectivity index (χ2n) is 8.04. The minimum atomic E-state index is -0.0242. The van der Waals surface area contributed by atoms with Crippen molar-refractivity contribution in [2.24, 2.45) is 0 Å². The van der Waals surface area contributed by atoms with Gasteiger partial charge in [0.05, 0.1) is 13.5 Å². The number of aromatic nitrogens is 1. The number of nitrogens with one attached hydrogen (secondary N) is 2. The molecule has 2 heterocycles. The van der Waals surface area contributed by atoms with E-state index in [0.717, 1.165) is 67.0 Å². The quantitative estimate of drug-likeness (QED) is 0.633. The molecule has 0 saturated carbocycles. The number of hydrogen-bond acceptors (Lipinski definition) is 4. The van der Waals surface area contributed by atoms with Gasteiger partial charge in [0.2, 0.25) is 5.91 Å². The first kappa shape index (κ1) is 20.4. The molecule has 0 bridgehead atoms. The minimum absolute atomic E-state index is 0.0242. The average molecular weight is 407 g/mol. The van der Waals surface area contributed by atoms with Gasteiger partial charge in [0, 0.05) is 55.5 Å². The summed E-state index contributed by atoms with van der Waals surface area (Å²) in [6.45, 7) is 5.67. The van der Waals surface area contributed by atoms with E-state index in [1.165, 1.54) is 5.56 Å². The van der Waals surface area contributed by atoms with Crippen LogP contribution >= 0.6 is 0 Å². The third-order valence-electron chi connectivity index (χ3n) is 5.88. The molecule has 1 saturated heterocycles. The number of H-pyrrole nitrogens is 1. The van der Waals surface area contributed by atoms with Crippen molar-refractivity contribution in [3.05, 3.63) is 59.8 Å². The minimum Gasteiger partial charge on any atom is -0.497 e. The number of nitrogens with zero attached hydrogens (tertiary/aromatic N) is 2. The molecule has 2 N–H and O–H groups in total. The summed E-state index contributed by atoms with van der Waals surface area (Å²) in [4.78, 5) is 20.7. The summed E-state index contributed by atoms with van der Waals surface area (Å²) in [5.74, 6) is 0.764. The van der Waals surface area contributed by atoms with E-state index < -0.39 is 0 Å². The third kappa shape index (κ3) is 5.01. The van der Waals surface area contributed by atoms with Crippen LogP contribution in [0.3, 0.4) is 0 Å². The fraction of sp³-hybridized carbons (Fsp3) is 0.375. The number of fused-ring (bicyclic) bond motifs is 1. The van der Waals surface area contributed by atoms with Gasteiger partial charge in [-0.1, -0.05) is 12.1 Å². The van der Waals surface area contributed by atoms with E-state index in [-0.39, 0.29) is 5.91 Å². The Morgan fingerprint density at radius 3 is 2.60 bits per heavy atom. The third-order valence-corrected chi connectivity index (χ3v) is 5.88. The number of hydrogen-bond donors (Lipinski definition) is 2. The van der Waals surface area contributed by atoms with Gasteiger partial charge in [0.15, 0.2) is 0 Å². The topological polar surface area (TPSA) is 60.6 Å². The van der Waals surface area contributed by atoms with Crippen molar-refractivity contribution in [1.82, 2.24) is 14.8 Å². The van der Waals surface area contributed by atoms with E-state index >= 15 is 0 Å². The van der Waals surface area contributed by atoms with Crippen LogP contribution in [0.25, 0.3) is 10.9 Å². The maximum absolute atomic E-state index is 12.6. The lowest BCUT2D eigenvalue weighted by atomic mass is 10.1. The Balaban J connectivity index is 1.30. The molecular formula is C24H30N4O2. The van der Waals surface area contributed by atoms with Crippen LogP contribution in [-0.2, 0) is 17.6 Å². The van der Waals surface area contributed by atoms with Crippen LogP contribution in [0.1, 0.15) is 11.1 Å². The molecule has 1 aromatic heterocycles. The monoisotopic (exact) mass is 406 g/mol. The predicted molar refractivity (Wildman–Crippen MR) is 121 cm³/mol. The Kier molecular flexibility index (Phi) is 6.35. The summed E-state index contributed by atoms with van der Waals surface area (Å²) in [7, 11) is 3.83. The van der Waals surface area contributed by atoms with Crippen molar-refractivity contribution in [2.75, 3.05) is 52.2 Å². The predicted octanol–water partition coefficient (Wildman–Crippen LogP) is 3.15. The number of ether oxygens (including phenoxy) is 1. The van der Waals surface area contributed by atoms with Crippen LogP contribution in [0.15, 0.2) is 48.7 Å². The van der Waals surface area contributed by atoms with Crippen LogP contribution in [-0.4, -0.2) is 67.6 Å². The zero-order valence-electron chi connectivity index (χ0n) is 17.8. The zero-order chi connectivity index (χ0) is 20.9. The number of carbonyl (C=O) groups excluding carboxylic acids is 1. The molecule has 0 atom stereocenters. The lowest BCUT2D eigenvalue weighted by Gasteiger charge is -2.32. The van der Waals surface area contributed by atoms with Gasteiger partial charge in [0.25, 0.3) is 0 Å². The number of benzene rings is 2. The zero-order valence-corrected chi connectivity index (χ0v) is 17.8. The molecule has 1 aliphatic heterocycles. The van der Waals surface area contributed by atoms with Crippen molar-refractivity contribution in [2.45, 2.75) is 12.8 Å². The average Bonchev–Trinajstić information content (AvgIpc) is 3.16. The largest absolute Gasteiger partial charge is 0.497 e. The molecule has 1 fully saturated rings. The highest BCUT2D eigenvalue weighted by Gasteiger charge is 2.13. The number of piperazine rings is 1. The van der Waals surface area contributed by atoms with E-state index in [0.29, 0.717) is 6.42 Å². The van der Waals surface area contributed by atoms with Gasteiger partial charge in [-0.05, 0) is 54.9 Å². The van der Waals surface area contributed by atoms with Crippen molar-refractivity contribution in [3.63, 3.8) is 0 Å². The fourth-order valence-electron chi connectivity index (χ4n) is 3.92.